The first-order chi connectivity index (χ1) is 22.3. The van der Waals surface area contributed by atoms with Crippen molar-refractivity contribution in [1.29, 1.82) is 0 Å². The van der Waals surface area contributed by atoms with Crippen LogP contribution in [0.2, 0.25) is 0 Å². The molecule has 0 bridgehead atoms. The van der Waals surface area contributed by atoms with E-state index < -0.39 is 0 Å². The summed E-state index contributed by atoms with van der Waals surface area (Å²) in [6, 6.07) is 53.0. The normalized spacial score (nSPS) is 11.6. The van der Waals surface area contributed by atoms with Gasteiger partial charge in [0.25, 0.3) is 0 Å². The standard InChI is InChI=1S/C41H25N3S/c1-3-12-27(13-4-1)34-25-35(44-41(43-34)30-14-5-2-6-15-30)28-19-21-29(22-20-28)37-38-31-16-8-7-11-26(31)23-24-33(38)42-39-32-17-9-10-18-36(32)45-40(37)39/h1-25H. The van der Waals surface area contributed by atoms with Crippen molar-refractivity contribution < 1.29 is 0 Å². The molecule has 3 heterocycles. The number of pyridine rings is 1. The molecule has 0 radical (unpaired) electrons. The minimum atomic E-state index is 0.717. The van der Waals surface area contributed by atoms with Crippen molar-refractivity contribution in [2.45, 2.75) is 0 Å². The topological polar surface area (TPSA) is 38.7 Å². The van der Waals surface area contributed by atoms with E-state index in [9.17, 15) is 0 Å². The molecule has 0 fully saturated rings. The first-order valence-corrected chi connectivity index (χ1v) is 15.9. The average Bonchev–Trinajstić information content (AvgIpc) is 3.49. The molecule has 210 valence electrons. The second-order valence-corrected chi connectivity index (χ2v) is 12.3. The first kappa shape index (κ1) is 25.8. The molecule has 0 aliphatic carbocycles. The molecular weight excluding hydrogens is 567 g/mol. The van der Waals surface area contributed by atoms with Gasteiger partial charge < -0.3 is 0 Å². The number of fused-ring (bicyclic) bond motifs is 6. The van der Waals surface area contributed by atoms with Gasteiger partial charge in [0.2, 0.25) is 0 Å². The van der Waals surface area contributed by atoms with Crippen LogP contribution in [-0.2, 0) is 0 Å². The maximum absolute atomic E-state index is 5.24. The van der Waals surface area contributed by atoms with Crippen molar-refractivity contribution >= 4 is 53.3 Å². The zero-order chi connectivity index (χ0) is 29.7. The van der Waals surface area contributed by atoms with Crippen LogP contribution < -0.4 is 0 Å². The second-order valence-electron chi connectivity index (χ2n) is 11.2. The van der Waals surface area contributed by atoms with Gasteiger partial charge in [0.15, 0.2) is 5.82 Å². The van der Waals surface area contributed by atoms with Crippen LogP contribution in [-0.4, -0.2) is 15.0 Å². The van der Waals surface area contributed by atoms with E-state index in [0.29, 0.717) is 0 Å². The number of hydrogen-bond acceptors (Lipinski definition) is 4. The molecule has 45 heavy (non-hydrogen) atoms. The maximum atomic E-state index is 5.24. The summed E-state index contributed by atoms with van der Waals surface area (Å²) in [6.07, 6.45) is 0. The summed E-state index contributed by atoms with van der Waals surface area (Å²) in [6.45, 7) is 0. The lowest BCUT2D eigenvalue weighted by Gasteiger charge is -2.13. The maximum Gasteiger partial charge on any atom is 0.160 e. The van der Waals surface area contributed by atoms with Gasteiger partial charge >= 0.3 is 0 Å². The van der Waals surface area contributed by atoms with Crippen molar-refractivity contribution in [3.05, 3.63) is 152 Å². The van der Waals surface area contributed by atoms with Crippen molar-refractivity contribution in [2.24, 2.45) is 0 Å². The summed E-state index contributed by atoms with van der Waals surface area (Å²) in [4.78, 5) is 15.3. The lowest BCUT2D eigenvalue weighted by Crippen LogP contribution is -1.96. The minimum Gasteiger partial charge on any atom is -0.246 e. The average molecular weight is 592 g/mol. The van der Waals surface area contributed by atoms with Crippen molar-refractivity contribution in [3.63, 3.8) is 0 Å². The molecule has 0 saturated heterocycles. The number of aromatic nitrogens is 3. The van der Waals surface area contributed by atoms with Crippen LogP contribution in [0.4, 0.5) is 0 Å². The summed E-state index contributed by atoms with van der Waals surface area (Å²) >= 11 is 1.82. The molecule has 0 aliphatic heterocycles. The van der Waals surface area contributed by atoms with Crippen molar-refractivity contribution in [3.8, 4) is 45.0 Å². The van der Waals surface area contributed by atoms with Crippen LogP contribution in [0.1, 0.15) is 0 Å². The van der Waals surface area contributed by atoms with Crippen molar-refractivity contribution in [2.75, 3.05) is 0 Å². The fraction of sp³-hybridized carbons (Fsp3) is 0. The van der Waals surface area contributed by atoms with E-state index >= 15 is 0 Å². The molecule has 0 unspecified atom stereocenters. The number of hydrogen-bond donors (Lipinski definition) is 0. The molecule has 9 rings (SSSR count). The molecule has 3 nitrogen and oxygen atoms in total. The smallest absolute Gasteiger partial charge is 0.160 e. The molecule has 4 heteroatoms. The van der Waals surface area contributed by atoms with Gasteiger partial charge in [-0.2, -0.15) is 0 Å². The minimum absolute atomic E-state index is 0.717. The molecule has 0 saturated carbocycles. The Kier molecular flexibility index (Phi) is 6.00. The third-order valence-electron chi connectivity index (χ3n) is 8.48. The van der Waals surface area contributed by atoms with E-state index in [0.717, 1.165) is 44.9 Å². The fourth-order valence-electron chi connectivity index (χ4n) is 6.31. The first-order valence-electron chi connectivity index (χ1n) is 15.0. The molecule has 0 amide bonds. The predicted molar refractivity (Wildman–Crippen MR) is 189 cm³/mol. The number of benzene rings is 6. The Morgan fingerprint density at radius 2 is 1.04 bits per heavy atom. The molecule has 6 aromatic carbocycles. The van der Waals surface area contributed by atoms with Gasteiger partial charge in [-0.05, 0) is 34.5 Å². The van der Waals surface area contributed by atoms with E-state index in [1.165, 1.54) is 42.1 Å². The zero-order valence-electron chi connectivity index (χ0n) is 24.2. The Morgan fingerprint density at radius 1 is 0.444 bits per heavy atom. The van der Waals surface area contributed by atoms with Gasteiger partial charge in [-0.25, -0.2) is 15.0 Å². The van der Waals surface area contributed by atoms with Gasteiger partial charge in [-0.1, -0.05) is 133 Å². The highest BCUT2D eigenvalue weighted by molar-refractivity contribution is 7.26. The highest BCUT2D eigenvalue weighted by Crippen LogP contribution is 2.45. The summed E-state index contributed by atoms with van der Waals surface area (Å²) in [5, 5.41) is 4.83. The summed E-state index contributed by atoms with van der Waals surface area (Å²) in [7, 11) is 0. The third-order valence-corrected chi connectivity index (χ3v) is 9.66. The molecular formula is C41H25N3S. The predicted octanol–water partition coefficient (Wildman–Crippen LogP) is 11.2. The fourth-order valence-corrected chi connectivity index (χ4v) is 7.53. The van der Waals surface area contributed by atoms with Gasteiger partial charge in [0.1, 0.15) is 0 Å². The van der Waals surface area contributed by atoms with Crippen LogP contribution in [0, 0.1) is 0 Å². The van der Waals surface area contributed by atoms with Crippen LogP contribution in [0.3, 0.4) is 0 Å². The summed E-state index contributed by atoms with van der Waals surface area (Å²) in [5.41, 5.74) is 9.39. The van der Waals surface area contributed by atoms with Crippen LogP contribution in [0.5, 0.6) is 0 Å². The number of thiophene rings is 1. The van der Waals surface area contributed by atoms with E-state index in [-0.39, 0.29) is 0 Å². The Balaban J connectivity index is 1.26. The van der Waals surface area contributed by atoms with Gasteiger partial charge in [0, 0.05) is 37.7 Å². The quantitative estimate of drug-likeness (QED) is 0.191. The summed E-state index contributed by atoms with van der Waals surface area (Å²) in [5.74, 6) is 0.717. The molecule has 0 aliphatic rings. The Labute approximate surface area is 264 Å². The highest BCUT2D eigenvalue weighted by atomic mass is 32.1. The lowest BCUT2D eigenvalue weighted by atomic mass is 9.94. The van der Waals surface area contributed by atoms with Crippen LogP contribution in [0.25, 0.3) is 87.0 Å². The number of nitrogens with zero attached hydrogens (tertiary/aromatic N) is 3. The molecule has 0 spiro atoms. The van der Waals surface area contributed by atoms with E-state index in [1.54, 1.807) is 0 Å². The lowest BCUT2D eigenvalue weighted by molar-refractivity contribution is 1.18. The van der Waals surface area contributed by atoms with Gasteiger partial charge in [-0.15, -0.1) is 11.3 Å². The zero-order valence-corrected chi connectivity index (χ0v) is 25.0. The van der Waals surface area contributed by atoms with Crippen LogP contribution >= 0.6 is 11.3 Å². The van der Waals surface area contributed by atoms with Crippen LogP contribution in [0.15, 0.2) is 152 Å². The molecule has 0 atom stereocenters. The molecule has 0 N–H and O–H groups in total. The van der Waals surface area contributed by atoms with E-state index in [2.05, 4.69) is 115 Å². The molecule has 9 aromatic rings. The number of rotatable bonds is 4. The Hall–Kier alpha value is -5.71. The Morgan fingerprint density at radius 3 is 1.80 bits per heavy atom. The Bertz CT molecular complexity index is 2460. The SMILES string of the molecule is c1ccc(-c2cc(-c3ccc(-c4c5sc6ccccc6c5nc5ccc6ccccc6c45)cc3)nc(-c3ccccc3)n2)cc1. The highest BCUT2D eigenvalue weighted by Gasteiger charge is 2.18. The van der Waals surface area contributed by atoms with E-state index in [1.807, 2.05) is 47.7 Å². The monoisotopic (exact) mass is 591 g/mol. The van der Waals surface area contributed by atoms with Gasteiger partial charge in [0.05, 0.1) is 27.1 Å². The van der Waals surface area contributed by atoms with E-state index in [4.69, 9.17) is 15.0 Å². The third kappa shape index (κ3) is 4.38. The summed E-state index contributed by atoms with van der Waals surface area (Å²) < 4.78 is 2.47. The van der Waals surface area contributed by atoms with Gasteiger partial charge in [-0.3, -0.25) is 0 Å². The second kappa shape index (κ2) is 10.5. The largest absolute Gasteiger partial charge is 0.246 e. The molecule has 3 aromatic heterocycles. The van der Waals surface area contributed by atoms with Crippen molar-refractivity contribution in [1.82, 2.24) is 15.0 Å².